The number of nitrogens with zero attached hydrogens (tertiary/aromatic N) is 3. The second-order valence-electron chi connectivity index (χ2n) is 4.82. The third-order valence-corrected chi connectivity index (χ3v) is 3.63. The van der Waals surface area contributed by atoms with Gasteiger partial charge in [0.1, 0.15) is 29.1 Å². The van der Waals surface area contributed by atoms with Crippen molar-refractivity contribution >= 4 is 5.82 Å². The van der Waals surface area contributed by atoms with Gasteiger partial charge in [0, 0.05) is 5.56 Å². The van der Waals surface area contributed by atoms with Gasteiger partial charge in [-0.05, 0) is 17.7 Å². The summed E-state index contributed by atoms with van der Waals surface area (Å²) in [4.78, 5) is 12.3. The molecule has 2 aromatic rings. The van der Waals surface area contributed by atoms with Crippen LogP contribution in [0.2, 0.25) is 0 Å². The van der Waals surface area contributed by atoms with Gasteiger partial charge in [-0.25, -0.2) is 4.68 Å². The molecule has 4 N–H and O–H groups in total. The minimum Gasteiger partial charge on any atom is -0.493 e. The van der Waals surface area contributed by atoms with Crippen LogP contribution in [0.1, 0.15) is 11.1 Å². The number of methoxy groups -OCH3 is 3. The maximum absolute atomic E-state index is 12.3. The Morgan fingerprint density at radius 1 is 1.00 bits per heavy atom. The molecule has 0 saturated carbocycles. The van der Waals surface area contributed by atoms with E-state index in [1.807, 2.05) is 6.07 Å². The summed E-state index contributed by atoms with van der Waals surface area (Å²) in [6.07, 6.45) is 0. The summed E-state index contributed by atoms with van der Waals surface area (Å²) >= 11 is 0. The van der Waals surface area contributed by atoms with E-state index in [4.69, 9.17) is 25.8 Å². The first-order valence-corrected chi connectivity index (χ1v) is 6.89. The maximum Gasteiger partial charge on any atom is 0.289 e. The molecule has 9 heteroatoms. The Morgan fingerprint density at radius 2 is 1.52 bits per heavy atom. The Bertz CT molecular complexity index is 957. The molecule has 25 heavy (non-hydrogen) atoms. The van der Waals surface area contributed by atoms with Crippen molar-refractivity contribution in [1.29, 1.82) is 10.5 Å². The molecule has 128 valence electrons. The van der Waals surface area contributed by atoms with Crippen LogP contribution in [0.4, 0.5) is 5.82 Å². The van der Waals surface area contributed by atoms with E-state index < -0.39 is 5.56 Å². The molecule has 0 amide bonds. The maximum atomic E-state index is 12.3. The van der Waals surface area contributed by atoms with Crippen molar-refractivity contribution in [2.75, 3.05) is 32.9 Å². The van der Waals surface area contributed by atoms with Crippen molar-refractivity contribution < 1.29 is 14.2 Å². The van der Waals surface area contributed by atoms with Crippen LogP contribution in [0.3, 0.4) is 0 Å². The van der Waals surface area contributed by atoms with E-state index in [2.05, 4.69) is 0 Å². The molecule has 0 spiro atoms. The Hall–Kier alpha value is -3.85. The molecular formula is C16H15N5O4. The normalized spacial score (nSPS) is 9.80. The molecule has 0 fully saturated rings. The van der Waals surface area contributed by atoms with Gasteiger partial charge < -0.3 is 25.8 Å². The summed E-state index contributed by atoms with van der Waals surface area (Å²) in [7, 11) is 4.28. The highest BCUT2D eigenvalue weighted by atomic mass is 16.5. The molecular weight excluding hydrogens is 326 g/mol. The highest BCUT2D eigenvalue weighted by molar-refractivity contribution is 5.83. The summed E-state index contributed by atoms with van der Waals surface area (Å²) in [5.74, 6) is 6.20. The molecule has 1 aromatic carbocycles. The lowest BCUT2D eigenvalue weighted by molar-refractivity contribution is 0.324. The van der Waals surface area contributed by atoms with Crippen molar-refractivity contribution in [2.45, 2.75) is 0 Å². The van der Waals surface area contributed by atoms with Crippen molar-refractivity contribution in [3.63, 3.8) is 0 Å². The highest BCUT2D eigenvalue weighted by Crippen LogP contribution is 2.42. The molecule has 0 saturated heterocycles. The zero-order valence-corrected chi connectivity index (χ0v) is 13.8. The van der Waals surface area contributed by atoms with Gasteiger partial charge in [-0.15, -0.1) is 0 Å². The number of hydrogen-bond acceptors (Lipinski definition) is 8. The monoisotopic (exact) mass is 341 g/mol. The van der Waals surface area contributed by atoms with Gasteiger partial charge in [-0.2, -0.15) is 10.5 Å². The van der Waals surface area contributed by atoms with Crippen molar-refractivity contribution in [3.8, 4) is 40.5 Å². The van der Waals surface area contributed by atoms with Gasteiger partial charge in [-0.3, -0.25) is 4.79 Å². The molecule has 0 aliphatic heterocycles. The molecule has 0 aliphatic rings. The predicted molar refractivity (Wildman–Crippen MR) is 89.8 cm³/mol. The molecule has 9 nitrogen and oxygen atoms in total. The van der Waals surface area contributed by atoms with Crippen LogP contribution < -0.4 is 31.3 Å². The van der Waals surface area contributed by atoms with Crippen LogP contribution in [-0.4, -0.2) is 26.0 Å². The van der Waals surface area contributed by atoms with E-state index in [-0.39, 0.29) is 22.5 Å². The Labute approximate surface area is 143 Å². The first-order chi connectivity index (χ1) is 11.9. The average Bonchev–Trinajstić information content (AvgIpc) is 2.64. The fourth-order valence-electron chi connectivity index (χ4n) is 2.44. The van der Waals surface area contributed by atoms with E-state index in [0.29, 0.717) is 27.5 Å². The van der Waals surface area contributed by atoms with Gasteiger partial charge in [-0.1, -0.05) is 0 Å². The van der Waals surface area contributed by atoms with Crippen LogP contribution in [0.5, 0.6) is 17.2 Å². The van der Waals surface area contributed by atoms with E-state index in [1.54, 1.807) is 6.07 Å². The summed E-state index contributed by atoms with van der Waals surface area (Å²) in [6, 6.07) is 6.68. The second kappa shape index (κ2) is 6.72. The first-order valence-electron chi connectivity index (χ1n) is 6.89. The average molecular weight is 341 g/mol. The number of pyridine rings is 1. The first kappa shape index (κ1) is 17.5. The van der Waals surface area contributed by atoms with Crippen molar-refractivity contribution in [2.24, 2.45) is 0 Å². The molecule has 1 heterocycles. The Kier molecular flexibility index (Phi) is 4.71. The number of rotatable bonds is 4. The van der Waals surface area contributed by atoms with Crippen LogP contribution in [0.15, 0.2) is 16.9 Å². The Balaban J connectivity index is 3.00. The number of anilines is 1. The number of benzene rings is 1. The van der Waals surface area contributed by atoms with Gasteiger partial charge in [0.25, 0.3) is 5.56 Å². The van der Waals surface area contributed by atoms with Crippen LogP contribution >= 0.6 is 0 Å². The predicted octanol–water partition coefficient (Wildman–Crippen LogP) is 0.580. The van der Waals surface area contributed by atoms with Gasteiger partial charge in [0.2, 0.25) is 5.75 Å². The third kappa shape index (κ3) is 2.64. The third-order valence-electron chi connectivity index (χ3n) is 3.63. The smallest absolute Gasteiger partial charge is 0.289 e. The Morgan fingerprint density at radius 3 is 1.92 bits per heavy atom. The van der Waals surface area contributed by atoms with Crippen LogP contribution in [0.25, 0.3) is 11.1 Å². The molecule has 2 rings (SSSR count). The van der Waals surface area contributed by atoms with E-state index in [1.165, 1.54) is 33.5 Å². The summed E-state index contributed by atoms with van der Waals surface area (Å²) in [6.45, 7) is 0. The summed E-state index contributed by atoms with van der Waals surface area (Å²) in [5, 5.41) is 18.8. The van der Waals surface area contributed by atoms with E-state index >= 15 is 0 Å². The topological polar surface area (TPSA) is 149 Å². The molecule has 1 aromatic heterocycles. The SMILES string of the molecule is COc1cc(-c2c(C#N)c(N)n(N)c(=O)c2C#N)cc(OC)c1OC. The molecule has 0 atom stereocenters. The summed E-state index contributed by atoms with van der Waals surface area (Å²) < 4.78 is 16.3. The highest BCUT2D eigenvalue weighted by Gasteiger charge is 2.23. The standard InChI is InChI=1S/C16H15N5O4/c1-23-11-4-8(5-12(24-2)14(11)25-3)13-9(6-17)15(19)21(20)16(22)10(13)7-18/h4-5H,19-20H2,1-3H3. The van der Waals surface area contributed by atoms with Crippen LogP contribution in [0, 0.1) is 22.7 Å². The molecule has 0 bridgehead atoms. The quantitative estimate of drug-likeness (QED) is 0.767. The van der Waals surface area contributed by atoms with Gasteiger partial charge >= 0.3 is 0 Å². The number of nitrogen functional groups attached to an aromatic ring is 2. The lowest BCUT2D eigenvalue weighted by atomic mass is 9.96. The fraction of sp³-hybridized carbons (Fsp3) is 0.188. The number of hydrogen-bond donors (Lipinski definition) is 2. The zero-order valence-electron chi connectivity index (χ0n) is 13.8. The van der Waals surface area contributed by atoms with Gasteiger partial charge in [0.05, 0.1) is 21.3 Å². The minimum atomic E-state index is -0.817. The minimum absolute atomic E-state index is 0.0495. The number of nitrogens with two attached hydrogens (primary N) is 2. The van der Waals surface area contributed by atoms with Crippen molar-refractivity contribution in [3.05, 3.63) is 33.6 Å². The summed E-state index contributed by atoms with van der Waals surface area (Å²) in [5.41, 5.74) is 4.91. The fourth-order valence-corrected chi connectivity index (χ4v) is 2.44. The zero-order chi connectivity index (χ0) is 18.7. The van der Waals surface area contributed by atoms with Crippen molar-refractivity contribution in [1.82, 2.24) is 4.68 Å². The lowest BCUT2D eigenvalue weighted by Crippen LogP contribution is -2.33. The lowest BCUT2D eigenvalue weighted by Gasteiger charge is -2.16. The number of nitriles is 2. The molecule has 0 unspecified atom stereocenters. The molecule has 0 aliphatic carbocycles. The number of ether oxygens (including phenoxy) is 3. The van der Waals surface area contributed by atoms with Gasteiger partial charge in [0.15, 0.2) is 11.5 Å². The van der Waals surface area contributed by atoms with Crippen LogP contribution in [-0.2, 0) is 0 Å². The molecule has 0 radical (unpaired) electrons. The second-order valence-corrected chi connectivity index (χ2v) is 4.82. The van der Waals surface area contributed by atoms with E-state index in [0.717, 1.165) is 0 Å². The number of aromatic nitrogens is 1. The largest absolute Gasteiger partial charge is 0.493 e. The van der Waals surface area contributed by atoms with E-state index in [9.17, 15) is 15.3 Å².